The minimum absolute atomic E-state index is 0.118. The summed E-state index contributed by atoms with van der Waals surface area (Å²) in [6, 6.07) is 0. The van der Waals surface area contributed by atoms with E-state index in [1.54, 1.807) is 0 Å². The van der Waals surface area contributed by atoms with Gasteiger partial charge in [-0.1, -0.05) is 15.9 Å². The Morgan fingerprint density at radius 2 is 2.05 bits per heavy atom. The minimum Gasteiger partial charge on any atom is -0.469 e. The van der Waals surface area contributed by atoms with Crippen molar-refractivity contribution < 1.29 is 31.8 Å². The largest absolute Gasteiger partial charge is 0.573 e. The first-order chi connectivity index (χ1) is 8.78. The van der Waals surface area contributed by atoms with Gasteiger partial charge in [-0.05, 0) is 0 Å². The maximum absolute atomic E-state index is 13.4. The molecule has 0 radical (unpaired) electrons. The van der Waals surface area contributed by atoms with E-state index in [1.165, 1.54) is 0 Å². The zero-order valence-electron chi connectivity index (χ0n) is 9.55. The number of pyridine rings is 1. The molecule has 0 spiro atoms. The van der Waals surface area contributed by atoms with E-state index < -0.39 is 30.4 Å². The number of ether oxygens (including phenoxy) is 2. The molecule has 4 nitrogen and oxygen atoms in total. The smallest absolute Gasteiger partial charge is 0.469 e. The second kappa shape index (κ2) is 6.18. The van der Waals surface area contributed by atoms with Gasteiger partial charge >= 0.3 is 12.3 Å². The topological polar surface area (TPSA) is 48.4 Å². The summed E-state index contributed by atoms with van der Waals surface area (Å²) in [6.45, 7) is 0. The molecule has 0 aliphatic rings. The van der Waals surface area contributed by atoms with E-state index in [4.69, 9.17) is 0 Å². The molecule has 0 unspecified atom stereocenters. The van der Waals surface area contributed by atoms with Crippen molar-refractivity contribution in [3.8, 4) is 5.75 Å². The third kappa shape index (κ3) is 4.34. The van der Waals surface area contributed by atoms with Crippen LogP contribution in [0.3, 0.4) is 0 Å². The van der Waals surface area contributed by atoms with Crippen LogP contribution in [0.15, 0.2) is 6.20 Å². The van der Waals surface area contributed by atoms with Crippen LogP contribution < -0.4 is 4.74 Å². The standard InChI is InChI=1S/C10H8BrF4NO3/c1-18-8(17)2-5-6(3-11)9(12)16-4-7(5)19-10(13,14)15/h4H,2-3H2,1H3. The molecule has 1 rings (SSSR count). The highest BCUT2D eigenvalue weighted by Gasteiger charge is 2.33. The summed E-state index contributed by atoms with van der Waals surface area (Å²) in [5, 5.41) is -0.118. The first-order valence-electron chi connectivity index (χ1n) is 4.83. The highest BCUT2D eigenvalue weighted by atomic mass is 79.9. The number of nitrogens with zero attached hydrogens (tertiary/aromatic N) is 1. The van der Waals surface area contributed by atoms with Gasteiger partial charge in [-0.25, -0.2) is 4.98 Å². The summed E-state index contributed by atoms with van der Waals surface area (Å²) >= 11 is 2.92. The van der Waals surface area contributed by atoms with E-state index in [1.807, 2.05) is 0 Å². The van der Waals surface area contributed by atoms with Gasteiger partial charge in [0.15, 0.2) is 5.75 Å². The van der Waals surface area contributed by atoms with Crippen LogP contribution in [0.1, 0.15) is 11.1 Å². The maximum Gasteiger partial charge on any atom is 0.573 e. The molecule has 0 amide bonds. The zero-order valence-corrected chi connectivity index (χ0v) is 11.1. The second-order valence-electron chi connectivity index (χ2n) is 3.30. The molecule has 0 aromatic carbocycles. The Balaban J connectivity index is 3.25. The van der Waals surface area contributed by atoms with Gasteiger partial charge in [0, 0.05) is 16.5 Å². The molecule has 0 N–H and O–H groups in total. The lowest BCUT2D eigenvalue weighted by atomic mass is 10.1. The third-order valence-electron chi connectivity index (χ3n) is 2.11. The monoisotopic (exact) mass is 345 g/mol. The molecule has 9 heteroatoms. The highest BCUT2D eigenvalue weighted by molar-refractivity contribution is 9.08. The average Bonchev–Trinajstić information content (AvgIpc) is 2.31. The summed E-state index contributed by atoms with van der Waals surface area (Å²) in [5.74, 6) is -2.53. The maximum atomic E-state index is 13.4. The van der Waals surface area contributed by atoms with Crippen LogP contribution >= 0.6 is 15.9 Å². The Labute approximate surface area is 113 Å². The molecule has 0 atom stereocenters. The third-order valence-corrected chi connectivity index (χ3v) is 2.67. The molecule has 0 aliphatic heterocycles. The lowest BCUT2D eigenvalue weighted by Gasteiger charge is -2.15. The number of halogens is 5. The summed E-state index contributed by atoms with van der Waals surface area (Å²) in [6.07, 6.45) is -4.94. The van der Waals surface area contributed by atoms with Crippen molar-refractivity contribution in [2.75, 3.05) is 7.11 Å². The van der Waals surface area contributed by atoms with Crippen molar-refractivity contribution in [2.24, 2.45) is 0 Å². The van der Waals surface area contributed by atoms with Gasteiger partial charge < -0.3 is 9.47 Å². The number of carbonyl (C=O) groups excluding carboxylic acids is 1. The predicted octanol–water partition coefficient (Wildman–Crippen LogP) is 2.73. The van der Waals surface area contributed by atoms with Crippen molar-refractivity contribution in [1.82, 2.24) is 4.98 Å². The zero-order chi connectivity index (χ0) is 14.6. The number of rotatable bonds is 4. The molecule has 0 saturated carbocycles. The number of esters is 1. The Morgan fingerprint density at radius 3 is 2.53 bits per heavy atom. The molecule has 0 saturated heterocycles. The molecule has 106 valence electrons. The Bertz CT molecular complexity index is 479. The van der Waals surface area contributed by atoms with E-state index in [2.05, 4.69) is 30.4 Å². The van der Waals surface area contributed by atoms with Gasteiger partial charge in [-0.15, -0.1) is 13.2 Å². The summed E-state index contributed by atoms with van der Waals surface area (Å²) in [7, 11) is 1.07. The van der Waals surface area contributed by atoms with Crippen molar-refractivity contribution in [2.45, 2.75) is 18.1 Å². The number of alkyl halides is 4. The molecular weight excluding hydrogens is 338 g/mol. The van der Waals surface area contributed by atoms with Gasteiger partial charge in [0.25, 0.3) is 0 Å². The minimum atomic E-state index is -4.96. The van der Waals surface area contributed by atoms with Crippen LogP contribution in [0.4, 0.5) is 17.6 Å². The SMILES string of the molecule is COC(=O)Cc1c(OC(F)(F)F)cnc(F)c1CBr. The summed E-state index contributed by atoms with van der Waals surface area (Å²) in [5.41, 5.74) is -0.444. The average molecular weight is 346 g/mol. The molecule has 0 aliphatic carbocycles. The summed E-state index contributed by atoms with van der Waals surface area (Å²) in [4.78, 5) is 14.3. The van der Waals surface area contributed by atoms with Crippen LogP contribution in [0.25, 0.3) is 0 Å². The van der Waals surface area contributed by atoms with Gasteiger partial charge in [-0.2, -0.15) is 4.39 Å². The second-order valence-corrected chi connectivity index (χ2v) is 3.87. The van der Waals surface area contributed by atoms with E-state index in [-0.39, 0.29) is 16.5 Å². The summed E-state index contributed by atoms with van der Waals surface area (Å²) < 4.78 is 58.1. The van der Waals surface area contributed by atoms with Crippen molar-refractivity contribution >= 4 is 21.9 Å². The Morgan fingerprint density at radius 1 is 1.42 bits per heavy atom. The van der Waals surface area contributed by atoms with Crippen LogP contribution in [0.5, 0.6) is 5.75 Å². The first kappa shape index (κ1) is 15.7. The number of methoxy groups -OCH3 is 1. The van der Waals surface area contributed by atoms with Crippen LogP contribution in [-0.2, 0) is 21.3 Å². The van der Waals surface area contributed by atoms with Gasteiger partial charge in [-0.3, -0.25) is 4.79 Å². The highest BCUT2D eigenvalue weighted by Crippen LogP contribution is 2.30. The Hall–Kier alpha value is -1.38. The number of carbonyl (C=O) groups is 1. The number of hydrogen-bond donors (Lipinski definition) is 0. The number of hydrogen-bond acceptors (Lipinski definition) is 4. The van der Waals surface area contributed by atoms with Gasteiger partial charge in [0.05, 0.1) is 19.7 Å². The van der Waals surface area contributed by atoms with Crippen LogP contribution in [0, 0.1) is 5.95 Å². The van der Waals surface area contributed by atoms with Gasteiger partial charge in [0.1, 0.15) is 0 Å². The Kier molecular flexibility index (Phi) is 5.10. The molecule has 1 aromatic heterocycles. The lowest BCUT2D eigenvalue weighted by molar-refractivity contribution is -0.275. The molecule has 1 heterocycles. The van der Waals surface area contributed by atoms with Crippen molar-refractivity contribution in [1.29, 1.82) is 0 Å². The fourth-order valence-corrected chi connectivity index (χ4v) is 1.87. The molecule has 1 aromatic rings. The van der Waals surface area contributed by atoms with E-state index in [9.17, 15) is 22.4 Å². The molecular formula is C10H8BrF4NO3. The van der Waals surface area contributed by atoms with E-state index in [0.717, 1.165) is 7.11 Å². The van der Waals surface area contributed by atoms with Gasteiger partial charge in [0.2, 0.25) is 5.95 Å². The predicted molar refractivity (Wildman–Crippen MR) is 59.2 cm³/mol. The molecule has 19 heavy (non-hydrogen) atoms. The number of aromatic nitrogens is 1. The van der Waals surface area contributed by atoms with E-state index in [0.29, 0.717) is 6.20 Å². The lowest BCUT2D eigenvalue weighted by Crippen LogP contribution is -2.20. The van der Waals surface area contributed by atoms with Crippen molar-refractivity contribution in [3.05, 3.63) is 23.3 Å². The quantitative estimate of drug-likeness (QED) is 0.364. The van der Waals surface area contributed by atoms with Crippen LogP contribution in [0.2, 0.25) is 0 Å². The normalized spacial score (nSPS) is 11.3. The molecule has 0 fully saturated rings. The van der Waals surface area contributed by atoms with Crippen molar-refractivity contribution in [3.63, 3.8) is 0 Å². The fourth-order valence-electron chi connectivity index (χ4n) is 1.30. The van der Waals surface area contributed by atoms with E-state index >= 15 is 0 Å². The van der Waals surface area contributed by atoms with Crippen LogP contribution in [-0.4, -0.2) is 24.4 Å². The fraction of sp³-hybridized carbons (Fsp3) is 0.400. The molecule has 0 bridgehead atoms. The first-order valence-corrected chi connectivity index (χ1v) is 5.95.